The highest BCUT2D eigenvalue weighted by atomic mass is 35.5. The molecule has 108 valence electrons. The zero-order chi connectivity index (χ0) is 14.5. The summed E-state index contributed by atoms with van der Waals surface area (Å²) in [6, 6.07) is 5.81. The molecule has 3 heteroatoms. The molecule has 0 aliphatic heterocycles. The summed E-state index contributed by atoms with van der Waals surface area (Å²) >= 11 is 6.00. The summed E-state index contributed by atoms with van der Waals surface area (Å²) in [7, 11) is 0. The van der Waals surface area contributed by atoms with Crippen LogP contribution in [0.1, 0.15) is 46.1 Å². The highest BCUT2D eigenvalue weighted by Crippen LogP contribution is 2.22. The molecule has 1 unspecified atom stereocenters. The van der Waals surface area contributed by atoms with Crippen LogP contribution in [0.2, 0.25) is 5.02 Å². The minimum atomic E-state index is 0.192. The average Bonchev–Trinajstić information content (AvgIpc) is 2.28. The van der Waals surface area contributed by atoms with E-state index >= 15 is 0 Å². The van der Waals surface area contributed by atoms with Crippen molar-refractivity contribution < 1.29 is 4.74 Å². The summed E-state index contributed by atoms with van der Waals surface area (Å²) in [6.07, 6.45) is 2.39. The van der Waals surface area contributed by atoms with Gasteiger partial charge in [0, 0.05) is 10.6 Å². The fourth-order valence-corrected chi connectivity index (χ4v) is 1.95. The smallest absolute Gasteiger partial charge is 0.120 e. The largest absolute Gasteiger partial charge is 0.491 e. The molecule has 1 rings (SSSR count). The lowest BCUT2D eigenvalue weighted by Gasteiger charge is -2.21. The molecule has 19 heavy (non-hydrogen) atoms. The van der Waals surface area contributed by atoms with Gasteiger partial charge in [0.2, 0.25) is 0 Å². The maximum absolute atomic E-state index is 6.00. The van der Waals surface area contributed by atoms with Gasteiger partial charge in [0.05, 0.1) is 6.10 Å². The first-order chi connectivity index (χ1) is 8.78. The number of aryl methyl sites for hydroxylation is 1. The van der Waals surface area contributed by atoms with Crippen LogP contribution in [0, 0.1) is 6.92 Å². The van der Waals surface area contributed by atoms with Crippen LogP contribution in [-0.2, 0) is 0 Å². The van der Waals surface area contributed by atoms with E-state index in [9.17, 15) is 0 Å². The lowest BCUT2D eigenvalue weighted by Crippen LogP contribution is -2.36. The quantitative estimate of drug-likeness (QED) is 0.772. The standard InChI is InChI=1S/C16H26ClNO/c1-12-11-14(8-9-15(12)17)19-13(2)7-6-10-18-16(3,4)5/h8-9,11,13,18H,6-7,10H2,1-5H3. The van der Waals surface area contributed by atoms with Crippen molar-refractivity contribution in [2.45, 2.75) is 59.1 Å². The molecule has 1 aromatic rings. The van der Waals surface area contributed by atoms with Crippen molar-refractivity contribution in [3.8, 4) is 5.75 Å². The number of hydrogen-bond donors (Lipinski definition) is 1. The Balaban J connectivity index is 2.31. The van der Waals surface area contributed by atoms with Gasteiger partial charge in [0.15, 0.2) is 0 Å². The Labute approximate surface area is 122 Å². The summed E-state index contributed by atoms with van der Waals surface area (Å²) in [5.41, 5.74) is 1.25. The highest BCUT2D eigenvalue weighted by Gasteiger charge is 2.09. The molecule has 0 aromatic heterocycles. The molecule has 0 amide bonds. The van der Waals surface area contributed by atoms with Gasteiger partial charge in [-0.2, -0.15) is 0 Å². The summed E-state index contributed by atoms with van der Waals surface area (Å²) < 4.78 is 5.90. The third kappa shape index (κ3) is 6.84. The summed E-state index contributed by atoms with van der Waals surface area (Å²) in [5, 5.41) is 4.27. The molecular formula is C16H26ClNO. The molecule has 0 spiro atoms. The van der Waals surface area contributed by atoms with Crippen molar-refractivity contribution >= 4 is 11.6 Å². The number of nitrogens with one attached hydrogen (secondary N) is 1. The van der Waals surface area contributed by atoms with Crippen LogP contribution in [0.15, 0.2) is 18.2 Å². The molecular weight excluding hydrogens is 258 g/mol. The zero-order valence-corrected chi connectivity index (χ0v) is 13.5. The van der Waals surface area contributed by atoms with Crippen molar-refractivity contribution in [3.05, 3.63) is 28.8 Å². The van der Waals surface area contributed by atoms with Gasteiger partial charge in [-0.25, -0.2) is 0 Å². The maximum atomic E-state index is 6.00. The van der Waals surface area contributed by atoms with E-state index in [0.717, 1.165) is 35.7 Å². The second-order valence-electron chi connectivity index (χ2n) is 6.16. The predicted molar refractivity (Wildman–Crippen MR) is 83.3 cm³/mol. The lowest BCUT2D eigenvalue weighted by atomic mass is 10.1. The van der Waals surface area contributed by atoms with Gasteiger partial charge in [0.25, 0.3) is 0 Å². The topological polar surface area (TPSA) is 21.3 Å². The van der Waals surface area contributed by atoms with E-state index in [1.54, 1.807) is 0 Å². The SMILES string of the molecule is Cc1cc(OC(C)CCCNC(C)(C)C)ccc1Cl. The third-order valence-electron chi connectivity index (χ3n) is 2.91. The monoisotopic (exact) mass is 283 g/mol. The first-order valence-electron chi connectivity index (χ1n) is 6.96. The van der Waals surface area contributed by atoms with Gasteiger partial charge in [-0.15, -0.1) is 0 Å². The maximum Gasteiger partial charge on any atom is 0.120 e. The van der Waals surface area contributed by atoms with Crippen molar-refractivity contribution in [2.24, 2.45) is 0 Å². The van der Waals surface area contributed by atoms with Gasteiger partial charge in [0.1, 0.15) is 5.75 Å². The van der Waals surface area contributed by atoms with Crippen LogP contribution in [0.4, 0.5) is 0 Å². The Morgan fingerprint density at radius 3 is 2.58 bits per heavy atom. The van der Waals surface area contributed by atoms with E-state index in [0.29, 0.717) is 0 Å². The summed E-state index contributed by atoms with van der Waals surface area (Å²) in [4.78, 5) is 0. The van der Waals surface area contributed by atoms with Crippen molar-refractivity contribution in [1.82, 2.24) is 5.32 Å². The van der Waals surface area contributed by atoms with E-state index in [1.807, 2.05) is 25.1 Å². The fourth-order valence-electron chi connectivity index (χ4n) is 1.83. The molecule has 1 atom stereocenters. The van der Waals surface area contributed by atoms with E-state index < -0.39 is 0 Å². The Morgan fingerprint density at radius 2 is 2.00 bits per heavy atom. The molecule has 1 aromatic carbocycles. The normalized spacial score (nSPS) is 13.4. The van der Waals surface area contributed by atoms with Crippen LogP contribution in [0.25, 0.3) is 0 Å². The van der Waals surface area contributed by atoms with Gasteiger partial charge in [-0.3, -0.25) is 0 Å². The molecule has 0 saturated carbocycles. The molecule has 2 nitrogen and oxygen atoms in total. The summed E-state index contributed by atoms with van der Waals surface area (Å²) in [6.45, 7) is 11.7. The van der Waals surface area contributed by atoms with Crippen LogP contribution >= 0.6 is 11.6 Å². The number of ether oxygens (including phenoxy) is 1. The fraction of sp³-hybridized carbons (Fsp3) is 0.625. The van der Waals surface area contributed by atoms with E-state index in [-0.39, 0.29) is 11.6 Å². The molecule has 0 saturated heterocycles. The van der Waals surface area contributed by atoms with Gasteiger partial charge >= 0.3 is 0 Å². The molecule has 0 heterocycles. The molecule has 0 bridgehead atoms. The predicted octanol–water partition coefficient (Wildman–Crippen LogP) is 4.58. The van der Waals surface area contributed by atoms with Gasteiger partial charge in [-0.05, 0) is 77.8 Å². The Hall–Kier alpha value is -0.730. The van der Waals surface area contributed by atoms with Gasteiger partial charge in [-0.1, -0.05) is 11.6 Å². The molecule has 0 radical (unpaired) electrons. The minimum absolute atomic E-state index is 0.192. The third-order valence-corrected chi connectivity index (χ3v) is 3.33. The van der Waals surface area contributed by atoms with Gasteiger partial charge < -0.3 is 10.1 Å². The second kappa shape index (κ2) is 7.16. The lowest BCUT2D eigenvalue weighted by molar-refractivity contribution is 0.206. The zero-order valence-electron chi connectivity index (χ0n) is 12.7. The average molecular weight is 284 g/mol. The molecule has 0 fully saturated rings. The summed E-state index contributed by atoms with van der Waals surface area (Å²) in [5.74, 6) is 0.901. The van der Waals surface area contributed by atoms with E-state index in [1.165, 1.54) is 0 Å². The Kier molecular flexibility index (Phi) is 6.15. The van der Waals surface area contributed by atoms with E-state index in [4.69, 9.17) is 16.3 Å². The molecule has 0 aliphatic rings. The van der Waals surface area contributed by atoms with Crippen LogP contribution in [0.5, 0.6) is 5.75 Å². The first-order valence-corrected chi connectivity index (χ1v) is 7.33. The van der Waals surface area contributed by atoms with Crippen molar-refractivity contribution in [1.29, 1.82) is 0 Å². The number of benzene rings is 1. The Bertz CT molecular complexity index is 398. The Morgan fingerprint density at radius 1 is 1.32 bits per heavy atom. The second-order valence-corrected chi connectivity index (χ2v) is 6.57. The molecule has 0 aliphatic carbocycles. The number of halogens is 1. The van der Waals surface area contributed by atoms with Crippen molar-refractivity contribution in [3.63, 3.8) is 0 Å². The van der Waals surface area contributed by atoms with Crippen LogP contribution in [-0.4, -0.2) is 18.2 Å². The number of rotatable bonds is 6. The van der Waals surface area contributed by atoms with Crippen LogP contribution in [0.3, 0.4) is 0 Å². The molecule has 1 N–H and O–H groups in total. The highest BCUT2D eigenvalue weighted by molar-refractivity contribution is 6.31. The first kappa shape index (κ1) is 16.3. The minimum Gasteiger partial charge on any atom is -0.491 e. The van der Waals surface area contributed by atoms with E-state index in [2.05, 4.69) is 33.0 Å². The van der Waals surface area contributed by atoms with Crippen LogP contribution < -0.4 is 10.1 Å². The van der Waals surface area contributed by atoms with Crippen molar-refractivity contribution in [2.75, 3.05) is 6.54 Å². The number of hydrogen-bond acceptors (Lipinski definition) is 2.